The van der Waals surface area contributed by atoms with Gasteiger partial charge in [-0.15, -0.1) is 0 Å². The summed E-state index contributed by atoms with van der Waals surface area (Å²) in [7, 11) is 5.97. The normalized spacial score (nSPS) is 13.4. The summed E-state index contributed by atoms with van der Waals surface area (Å²) in [5.74, 6) is -2.01. The molecule has 0 aliphatic rings. The third-order valence-corrected chi connectivity index (χ3v) is 13.8. The van der Waals surface area contributed by atoms with Crippen LogP contribution in [0.5, 0.6) is 0 Å². The number of hydrogen-bond donors (Lipinski definition) is 1. The van der Waals surface area contributed by atoms with Gasteiger partial charge in [0.1, 0.15) is 13.2 Å². The molecule has 2 unspecified atom stereocenters. The number of unbranched alkanes of at least 4 members (excludes halogenated alkanes) is 28. The Kier molecular flexibility index (Phi) is 57.4. The first-order valence-corrected chi connectivity index (χ1v) is 32.4. The smallest absolute Gasteiger partial charge is 0.361 e. The Morgan fingerprint density at radius 2 is 0.722 bits per heavy atom. The fraction of sp³-hybridized carbons (Fsp3) is 0.729. The summed E-state index contributed by atoms with van der Waals surface area (Å²) in [5, 5.41) is 9.73. The maximum absolute atomic E-state index is 12.9. The van der Waals surface area contributed by atoms with E-state index in [1.54, 1.807) is 0 Å². The zero-order valence-corrected chi connectivity index (χ0v) is 51.8. The summed E-state index contributed by atoms with van der Waals surface area (Å²) in [4.78, 5) is 37.6. The molecule has 0 spiro atoms. The summed E-state index contributed by atoms with van der Waals surface area (Å²) in [6.07, 6.45) is 79.2. The van der Waals surface area contributed by atoms with Gasteiger partial charge in [-0.2, -0.15) is 0 Å². The van der Waals surface area contributed by atoms with Crippen LogP contribution in [0.1, 0.15) is 271 Å². The van der Waals surface area contributed by atoms with Crippen molar-refractivity contribution in [2.75, 3.05) is 47.5 Å². The van der Waals surface area contributed by atoms with Crippen LogP contribution in [0.3, 0.4) is 0 Å². The van der Waals surface area contributed by atoms with E-state index in [4.69, 9.17) is 18.9 Å². The first-order valence-electron chi connectivity index (χ1n) is 32.4. The fourth-order valence-electron chi connectivity index (χ4n) is 8.87. The van der Waals surface area contributed by atoms with Gasteiger partial charge in [0.2, 0.25) is 0 Å². The number of ether oxygens (including phenoxy) is 4. The van der Waals surface area contributed by atoms with E-state index in [-0.39, 0.29) is 32.2 Å². The summed E-state index contributed by atoms with van der Waals surface area (Å²) in [6, 6.07) is 0. The molecule has 0 bridgehead atoms. The van der Waals surface area contributed by atoms with Crippen LogP contribution in [-0.4, -0.2) is 87.4 Å². The average Bonchev–Trinajstić information content (AvgIpc) is 3.42. The van der Waals surface area contributed by atoms with E-state index < -0.39 is 24.3 Å². The van der Waals surface area contributed by atoms with E-state index in [0.29, 0.717) is 23.9 Å². The lowest BCUT2D eigenvalue weighted by atomic mass is 10.0. The molecule has 9 nitrogen and oxygen atoms in total. The zero-order valence-electron chi connectivity index (χ0n) is 51.8. The Morgan fingerprint density at radius 1 is 0.392 bits per heavy atom. The Morgan fingerprint density at radius 3 is 1.08 bits per heavy atom. The minimum atomic E-state index is -1.52. The molecule has 0 saturated heterocycles. The predicted octanol–water partition coefficient (Wildman–Crippen LogP) is 19.7. The highest BCUT2D eigenvalue weighted by Crippen LogP contribution is 2.16. The van der Waals surface area contributed by atoms with Crippen molar-refractivity contribution >= 4 is 17.9 Å². The van der Waals surface area contributed by atoms with Gasteiger partial charge in [0.15, 0.2) is 6.10 Å². The molecule has 0 aliphatic heterocycles. The lowest BCUT2D eigenvalue weighted by molar-refractivity contribution is -0.870. The number of allylic oxidation sites excluding steroid dienone is 16. The number of hydrogen-bond acceptors (Lipinski definition) is 7. The number of likely N-dealkylation sites (N-methyl/N-ethyl adjacent to an activating group) is 1. The van der Waals surface area contributed by atoms with Crippen molar-refractivity contribution in [3.63, 3.8) is 0 Å². The lowest BCUT2D eigenvalue weighted by Gasteiger charge is -2.25. The van der Waals surface area contributed by atoms with Gasteiger partial charge in [0.25, 0.3) is 6.29 Å². The molecule has 0 amide bonds. The largest absolute Gasteiger partial charge is 0.477 e. The fourth-order valence-corrected chi connectivity index (χ4v) is 8.87. The van der Waals surface area contributed by atoms with Crippen molar-refractivity contribution in [1.29, 1.82) is 0 Å². The van der Waals surface area contributed by atoms with Gasteiger partial charge in [0, 0.05) is 12.8 Å². The number of quaternary nitrogens is 1. The Labute approximate surface area is 486 Å². The molecule has 79 heavy (non-hydrogen) atoms. The number of carbonyl (C=O) groups is 3. The van der Waals surface area contributed by atoms with E-state index in [9.17, 15) is 19.5 Å². The van der Waals surface area contributed by atoms with Gasteiger partial charge >= 0.3 is 17.9 Å². The van der Waals surface area contributed by atoms with Crippen LogP contribution >= 0.6 is 0 Å². The van der Waals surface area contributed by atoms with Crippen LogP contribution in [0.4, 0.5) is 0 Å². The monoisotopic (exact) mass is 1100 g/mol. The van der Waals surface area contributed by atoms with Crippen LogP contribution < -0.4 is 0 Å². The SMILES string of the molecule is CC/C=C\C/C=C\C/C=C\C/C=C\C/C=C\C/C=C\CCCCCCCCCCCCC(=O)OC(COC(=O)CCCCCCCCCCCCCCC/C=C\C/C=C\CCCCCCC)COC(OCC[N+](C)(C)C)C(=O)O. The highest BCUT2D eigenvalue weighted by Gasteiger charge is 2.25. The standard InChI is InChI=1S/C70H121NO8/c1-6-8-10-12-14-16-18-20-22-24-26-28-30-32-33-34-35-37-39-41-43-45-47-49-51-53-55-57-59-61-68(73)79-66(65-78-70(69(74)75)76-63-62-71(3,4)5)64-77-67(72)60-58-56-54-52-50-48-46-44-42-40-38-36-31-29-27-25-23-21-19-17-15-13-11-9-7-2/h8,10,14,16,19-22,25-28,32-33,35,37,66,70H,6-7,9,11-13,15,17-18,23-24,29-31,34,36,38-65H2,1-5H3/p+1/b10-8-,16-14-,21-19-,22-20-,27-25-,28-26-,33-32-,37-35-. The molecule has 0 rings (SSSR count). The van der Waals surface area contributed by atoms with E-state index in [2.05, 4.69) is 111 Å². The first-order chi connectivity index (χ1) is 38.6. The topological polar surface area (TPSA) is 108 Å². The molecule has 454 valence electrons. The molecular weight excluding hydrogens is 983 g/mol. The molecular formula is C70H122NO8+. The van der Waals surface area contributed by atoms with Crippen molar-refractivity contribution in [3.8, 4) is 0 Å². The highest BCUT2D eigenvalue weighted by atomic mass is 16.7. The summed E-state index contributed by atoms with van der Waals surface area (Å²) < 4.78 is 22.9. The highest BCUT2D eigenvalue weighted by molar-refractivity contribution is 5.71. The molecule has 1 N–H and O–H groups in total. The van der Waals surface area contributed by atoms with E-state index in [1.165, 1.54) is 148 Å². The number of rotatable bonds is 59. The molecule has 0 fully saturated rings. The summed E-state index contributed by atoms with van der Waals surface area (Å²) >= 11 is 0. The molecule has 0 aliphatic carbocycles. The molecule has 0 saturated carbocycles. The van der Waals surface area contributed by atoms with Crippen molar-refractivity contribution < 1.29 is 42.9 Å². The Hall–Kier alpha value is -3.79. The molecule has 0 aromatic rings. The van der Waals surface area contributed by atoms with Gasteiger partial charge in [-0.3, -0.25) is 9.59 Å². The van der Waals surface area contributed by atoms with E-state index in [1.807, 2.05) is 21.1 Å². The summed E-state index contributed by atoms with van der Waals surface area (Å²) in [5.41, 5.74) is 0. The minimum Gasteiger partial charge on any atom is -0.477 e. The maximum atomic E-state index is 12.9. The van der Waals surface area contributed by atoms with Gasteiger partial charge < -0.3 is 28.5 Å². The van der Waals surface area contributed by atoms with Crippen LogP contribution in [-0.2, 0) is 33.3 Å². The minimum absolute atomic E-state index is 0.183. The lowest BCUT2D eigenvalue weighted by Crippen LogP contribution is -2.40. The van der Waals surface area contributed by atoms with E-state index >= 15 is 0 Å². The van der Waals surface area contributed by atoms with Crippen molar-refractivity contribution in [3.05, 3.63) is 97.2 Å². The van der Waals surface area contributed by atoms with Crippen LogP contribution in [0.2, 0.25) is 0 Å². The third kappa shape index (κ3) is 61.7. The van der Waals surface area contributed by atoms with Gasteiger partial charge in [0.05, 0.1) is 34.4 Å². The number of esters is 2. The molecule has 9 heteroatoms. The van der Waals surface area contributed by atoms with Crippen LogP contribution in [0.25, 0.3) is 0 Å². The van der Waals surface area contributed by atoms with Gasteiger partial charge in [-0.05, 0) is 96.3 Å². The number of nitrogens with zero attached hydrogens (tertiary/aromatic N) is 1. The molecule has 0 radical (unpaired) electrons. The Balaban J connectivity index is 4.20. The quantitative estimate of drug-likeness (QED) is 0.0211. The van der Waals surface area contributed by atoms with Crippen molar-refractivity contribution in [1.82, 2.24) is 0 Å². The molecule has 0 heterocycles. The first kappa shape index (κ1) is 75.2. The number of carbonyl (C=O) groups excluding carboxylic acids is 2. The van der Waals surface area contributed by atoms with Gasteiger partial charge in [-0.1, -0.05) is 259 Å². The second-order valence-electron chi connectivity index (χ2n) is 22.7. The summed E-state index contributed by atoms with van der Waals surface area (Å²) in [6.45, 7) is 4.76. The molecule has 2 atom stereocenters. The second kappa shape index (κ2) is 60.3. The molecule has 0 aromatic heterocycles. The van der Waals surface area contributed by atoms with Crippen LogP contribution in [0.15, 0.2) is 97.2 Å². The maximum Gasteiger partial charge on any atom is 0.361 e. The van der Waals surface area contributed by atoms with Crippen LogP contribution in [0, 0.1) is 0 Å². The van der Waals surface area contributed by atoms with Gasteiger partial charge in [-0.25, -0.2) is 4.79 Å². The third-order valence-electron chi connectivity index (χ3n) is 13.8. The Bertz CT molecular complexity index is 1620. The van der Waals surface area contributed by atoms with E-state index in [0.717, 1.165) is 89.9 Å². The number of carboxylic acids is 1. The van der Waals surface area contributed by atoms with Crippen molar-refractivity contribution in [2.45, 2.75) is 283 Å². The average molecular weight is 1110 g/mol. The molecule has 0 aromatic carbocycles. The number of aliphatic carboxylic acids is 1. The second-order valence-corrected chi connectivity index (χ2v) is 22.7. The van der Waals surface area contributed by atoms with Crippen molar-refractivity contribution in [2.24, 2.45) is 0 Å². The zero-order chi connectivity index (χ0) is 57.6. The predicted molar refractivity (Wildman–Crippen MR) is 336 cm³/mol. The number of carboxylic acid groups (broad SMARTS) is 1.